The molecular weight excluding hydrogens is 216 g/mol. The fourth-order valence-electron chi connectivity index (χ4n) is 1.78. The predicted octanol–water partition coefficient (Wildman–Crippen LogP) is 2.39. The Kier molecular flexibility index (Phi) is 3.56. The van der Waals surface area contributed by atoms with Gasteiger partial charge in [-0.25, -0.2) is 4.98 Å². The van der Waals surface area contributed by atoms with Crippen LogP contribution in [0.1, 0.15) is 50.6 Å². The number of hydrogen-bond acceptors (Lipinski definition) is 4. The van der Waals surface area contributed by atoms with Gasteiger partial charge in [0.15, 0.2) is 5.82 Å². The van der Waals surface area contributed by atoms with Crippen molar-refractivity contribution in [3.8, 4) is 0 Å². The summed E-state index contributed by atoms with van der Waals surface area (Å²) in [6.45, 7) is 6.96. The van der Waals surface area contributed by atoms with Crippen molar-refractivity contribution in [3.05, 3.63) is 29.9 Å². The van der Waals surface area contributed by atoms with Gasteiger partial charge in [-0.3, -0.25) is 0 Å². The number of nitrogens with zero attached hydrogens (tertiary/aromatic N) is 4. The van der Waals surface area contributed by atoms with Crippen molar-refractivity contribution in [2.75, 3.05) is 0 Å². The molecule has 0 saturated carbocycles. The van der Waals surface area contributed by atoms with Gasteiger partial charge < -0.3 is 9.09 Å². The molecule has 0 aliphatic rings. The number of aryl methyl sites for hydroxylation is 1. The van der Waals surface area contributed by atoms with Crippen molar-refractivity contribution in [2.24, 2.45) is 0 Å². The lowest BCUT2D eigenvalue weighted by Gasteiger charge is -2.07. The van der Waals surface area contributed by atoms with E-state index in [1.807, 2.05) is 12.4 Å². The highest BCUT2D eigenvalue weighted by Gasteiger charge is 2.11. The summed E-state index contributed by atoms with van der Waals surface area (Å²) in [6.07, 6.45) is 5.62. The topological polar surface area (TPSA) is 56.7 Å². The molecule has 0 bridgehead atoms. The number of aromatic nitrogens is 4. The molecule has 92 valence electrons. The summed E-state index contributed by atoms with van der Waals surface area (Å²) in [5, 5.41) is 3.98. The van der Waals surface area contributed by atoms with Gasteiger partial charge in [0, 0.05) is 24.7 Å². The normalized spacial score (nSPS) is 11.3. The van der Waals surface area contributed by atoms with E-state index < -0.39 is 0 Å². The molecule has 0 unspecified atom stereocenters. The van der Waals surface area contributed by atoms with Crippen LogP contribution in [0.3, 0.4) is 0 Å². The van der Waals surface area contributed by atoms with Crippen LogP contribution in [-0.2, 0) is 13.0 Å². The number of imidazole rings is 1. The lowest BCUT2D eigenvalue weighted by Crippen LogP contribution is -2.07. The zero-order valence-corrected chi connectivity index (χ0v) is 10.6. The van der Waals surface area contributed by atoms with Crippen molar-refractivity contribution < 1.29 is 4.52 Å². The van der Waals surface area contributed by atoms with Gasteiger partial charge >= 0.3 is 0 Å². The van der Waals surface area contributed by atoms with E-state index in [9.17, 15) is 0 Å². The minimum Gasteiger partial charge on any atom is -0.339 e. The van der Waals surface area contributed by atoms with Gasteiger partial charge in [0.25, 0.3) is 0 Å². The summed E-state index contributed by atoms with van der Waals surface area (Å²) >= 11 is 0. The fourth-order valence-corrected chi connectivity index (χ4v) is 1.78. The maximum Gasteiger partial charge on any atom is 0.226 e. The quantitative estimate of drug-likeness (QED) is 0.797. The van der Waals surface area contributed by atoms with Gasteiger partial charge in [0.1, 0.15) is 5.82 Å². The zero-order valence-electron chi connectivity index (χ0n) is 10.6. The Morgan fingerprint density at radius 2 is 2.24 bits per heavy atom. The molecule has 0 saturated heterocycles. The maximum absolute atomic E-state index is 5.16. The van der Waals surface area contributed by atoms with Gasteiger partial charge in [-0.1, -0.05) is 25.9 Å². The molecule has 0 atom stereocenters. The summed E-state index contributed by atoms with van der Waals surface area (Å²) in [4.78, 5) is 8.68. The molecule has 0 aromatic carbocycles. The first-order chi connectivity index (χ1) is 8.20. The number of rotatable bonds is 5. The first-order valence-electron chi connectivity index (χ1n) is 6.03. The van der Waals surface area contributed by atoms with E-state index in [0.717, 1.165) is 18.7 Å². The van der Waals surface area contributed by atoms with E-state index in [-0.39, 0.29) is 0 Å². The van der Waals surface area contributed by atoms with Crippen LogP contribution in [0.4, 0.5) is 0 Å². The molecular formula is C12H18N4O. The standard InChI is InChI=1S/C12H18N4O/c1-4-5-11-14-10(15-17-11)8-16-7-6-13-12(16)9(2)3/h6-7,9H,4-5,8H2,1-3H3. The van der Waals surface area contributed by atoms with Crippen LogP contribution in [0.25, 0.3) is 0 Å². The van der Waals surface area contributed by atoms with Gasteiger partial charge in [-0.2, -0.15) is 4.98 Å². The summed E-state index contributed by atoms with van der Waals surface area (Å²) in [7, 11) is 0. The van der Waals surface area contributed by atoms with Crippen LogP contribution >= 0.6 is 0 Å². The number of hydrogen-bond donors (Lipinski definition) is 0. The average Bonchev–Trinajstić information content (AvgIpc) is 2.89. The first-order valence-corrected chi connectivity index (χ1v) is 6.03. The molecule has 2 heterocycles. The molecule has 17 heavy (non-hydrogen) atoms. The van der Waals surface area contributed by atoms with Crippen LogP contribution in [-0.4, -0.2) is 19.7 Å². The molecule has 2 rings (SSSR count). The summed E-state index contributed by atoms with van der Waals surface area (Å²) in [5.74, 6) is 2.88. The second kappa shape index (κ2) is 5.12. The first kappa shape index (κ1) is 11.8. The van der Waals surface area contributed by atoms with Crippen LogP contribution in [0.2, 0.25) is 0 Å². The monoisotopic (exact) mass is 234 g/mol. The molecule has 0 aliphatic carbocycles. The Labute approximate surface area is 101 Å². The fraction of sp³-hybridized carbons (Fsp3) is 0.583. The lowest BCUT2D eigenvalue weighted by molar-refractivity contribution is 0.370. The van der Waals surface area contributed by atoms with Crippen LogP contribution in [0, 0.1) is 0 Å². The Hall–Kier alpha value is -1.65. The SMILES string of the molecule is CCCc1nc(Cn2ccnc2C(C)C)no1. The van der Waals surface area contributed by atoms with Crippen molar-refractivity contribution >= 4 is 0 Å². The Bertz CT molecular complexity index is 472. The Balaban J connectivity index is 2.11. The molecule has 5 heteroatoms. The molecule has 0 radical (unpaired) electrons. The third-order valence-electron chi connectivity index (χ3n) is 2.55. The lowest BCUT2D eigenvalue weighted by atomic mass is 10.2. The third-order valence-corrected chi connectivity index (χ3v) is 2.55. The summed E-state index contributed by atoms with van der Waals surface area (Å²) in [6, 6.07) is 0. The molecule has 0 spiro atoms. The highest BCUT2D eigenvalue weighted by molar-refractivity contribution is 5.00. The van der Waals surface area contributed by atoms with E-state index in [0.29, 0.717) is 24.2 Å². The maximum atomic E-state index is 5.16. The molecule has 0 amide bonds. The second-order valence-electron chi connectivity index (χ2n) is 4.42. The largest absolute Gasteiger partial charge is 0.339 e. The van der Waals surface area contributed by atoms with Gasteiger partial charge in [0.05, 0.1) is 6.54 Å². The predicted molar refractivity (Wildman–Crippen MR) is 63.7 cm³/mol. The van der Waals surface area contributed by atoms with Crippen LogP contribution in [0.15, 0.2) is 16.9 Å². The molecule has 2 aromatic rings. The van der Waals surface area contributed by atoms with Crippen molar-refractivity contribution in [2.45, 2.75) is 46.1 Å². The highest BCUT2D eigenvalue weighted by atomic mass is 16.5. The van der Waals surface area contributed by atoms with Crippen LogP contribution < -0.4 is 0 Å². The Morgan fingerprint density at radius 3 is 2.94 bits per heavy atom. The highest BCUT2D eigenvalue weighted by Crippen LogP contribution is 2.13. The van der Waals surface area contributed by atoms with Gasteiger partial charge in [-0.05, 0) is 6.42 Å². The minimum atomic E-state index is 0.395. The smallest absolute Gasteiger partial charge is 0.226 e. The van der Waals surface area contributed by atoms with E-state index in [1.165, 1.54) is 0 Å². The second-order valence-corrected chi connectivity index (χ2v) is 4.42. The van der Waals surface area contributed by atoms with Crippen LogP contribution in [0.5, 0.6) is 0 Å². The molecule has 0 aliphatic heterocycles. The van der Waals surface area contributed by atoms with Gasteiger partial charge in [0.2, 0.25) is 5.89 Å². The van der Waals surface area contributed by atoms with E-state index >= 15 is 0 Å². The Morgan fingerprint density at radius 1 is 1.41 bits per heavy atom. The molecule has 0 N–H and O–H groups in total. The van der Waals surface area contributed by atoms with E-state index in [2.05, 4.69) is 40.5 Å². The third kappa shape index (κ3) is 2.72. The summed E-state index contributed by atoms with van der Waals surface area (Å²) < 4.78 is 7.22. The van der Waals surface area contributed by atoms with E-state index in [1.54, 1.807) is 0 Å². The minimum absolute atomic E-state index is 0.395. The van der Waals surface area contributed by atoms with Crippen molar-refractivity contribution in [3.63, 3.8) is 0 Å². The van der Waals surface area contributed by atoms with Gasteiger partial charge in [-0.15, -0.1) is 0 Å². The molecule has 0 fully saturated rings. The van der Waals surface area contributed by atoms with E-state index in [4.69, 9.17) is 4.52 Å². The average molecular weight is 234 g/mol. The van der Waals surface area contributed by atoms with Crippen molar-refractivity contribution in [1.82, 2.24) is 19.7 Å². The molecule has 5 nitrogen and oxygen atoms in total. The van der Waals surface area contributed by atoms with Crippen molar-refractivity contribution in [1.29, 1.82) is 0 Å². The summed E-state index contributed by atoms with van der Waals surface area (Å²) in [5.41, 5.74) is 0. The zero-order chi connectivity index (χ0) is 12.3. The molecule has 2 aromatic heterocycles.